The van der Waals surface area contributed by atoms with Gasteiger partial charge in [0.15, 0.2) is 0 Å². The Kier molecular flexibility index (Phi) is 4.40. The first-order valence-electron chi connectivity index (χ1n) is 5.49. The van der Waals surface area contributed by atoms with E-state index >= 15 is 0 Å². The maximum atomic E-state index is 11.8. The Morgan fingerprint density at radius 3 is 2.53 bits per heavy atom. The van der Waals surface area contributed by atoms with Crippen LogP contribution >= 0.6 is 0 Å². The molecule has 1 rings (SSSR count). The van der Waals surface area contributed by atoms with Gasteiger partial charge in [0.05, 0.1) is 18.6 Å². The summed E-state index contributed by atoms with van der Waals surface area (Å²) in [5.74, 6) is 0.718. The lowest BCUT2D eigenvalue weighted by Gasteiger charge is -2.13. The fraction of sp³-hybridized carbons (Fsp3) is 0.500. The standard InChI is InChI=1S/C12H19NO3S/c1-9(2)8-17(14,15)13-11-7-10(3)5-6-12(11)16-4/h5-7,9,13H,8H2,1-4H3. The molecule has 5 heteroatoms. The average Bonchev–Trinajstić information content (AvgIpc) is 2.14. The summed E-state index contributed by atoms with van der Waals surface area (Å²) in [5.41, 5.74) is 1.47. The molecule has 1 N–H and O–H groups in total. The molecule has 0 radical (unpaired) electrons. The first-order valence-corrected chi connectivity index (χ1v) is 7.14. The van der Waals surface area contributed by atoms with E-state index in [1.807, 2.05) is 26.8 Å². The van der Waals surface area contributed by atoms with Crippen molar-refractivity contribution in [1.29, 1.82) is 0 Å². The van der Waals surface area contributed by atoms with E-state index in [0.717, 1.165) is 5.56 Å². The van der Waals surface area contributed by atoms with Crippen LogP contribution in [0.1, 0.15) is 19.4 Å². The summed E-state index contributed by atoms with van der Waals surface area (Å²) in [7, 11) is -1.79. The molecule has 0 aliphatic carbocycles. The van der Waals surface area contributed by atoms with E-state index in [4.69, 9.17) is 4.74 Å². The second-order valence-corrected chi connectivity index (χ2v) is 6.25. The Morgan fingerprint density at radius 2 is 2.00 bits per heavy atom. The van der Waals surface area contributed by atoms with E-state index in [0.29, 0.717) is 11.4 Å². The summed E-state index contributed by atoms with van der Waals surface area (Å²) < 4.78 is 31.3. The van der Waals surface area contributed by atoms with Crippen LogP contribution in [0.3, 0.4) is 0 Å². The van der Waals surface area contributed by atoms with Gasteiger partial charge in [-0.05, 0) is 30.5 Å². The summed E-state index contributed by atoms with van der Waals surface area (Å²) in [6.07, 6.45) is 0. The van der Waals surface area contributed by atoms with Gasteiger partial charge in [-0.3, -0.25) is 4.72 Å². The van der Waals surface area contributed by atoms with Crippen LogP contribution < -0.4 is 9.46 Å². The van der Waals surface area contributed by atoms with Crippen molar-refractivity contribution in [2.75, 3.05) is 17.6 Å². The van der Waals surface area contributed by atoms with Gasteiger partial charge < -0.3 is 4.74 Å². The zero-order valence-corrected chi connectivity index (χ0v) is 11.5. The number of hydrogen-bond donors (Lipinski definition) is 1. The third kappa shape index (κ3) is 4.26. The zero-order chi connectivity index (χ0) is 13.1. The van der Waals surface area contributed by atoms with E-state index in [-0.39, 0.29) is 11.7 Å². The zero-order valence-electron chi connectivity index (χ0n) is 10.6. The quantitative estimate of drug-likeness (QED) is 0.881. The van der Waals surface area contributed by atoms with Crippen molar-refractivity contribution in [3.8, 4) is 5.75 Å². The van der Waals surface area contributed by atoms with Gasteiger partial charge in [-0.1, -0.05) is 19.9 Å². The van der Waals surface area contributed by atoms with Crippen molar-refractivity contribution < 1.29 is 13.2 Å². The van der Waals surface area contributed by atoms with E-state index < -0.39 is 10.0 Å². The molecule has 96 valence electrons. The molecular formula is C12H19NO3S. The first kappa shape index (κ1) is 13.8. The molecule has 0 atom stereocenters. The Labute approximate surface area is 103 Å². The fourth-order valence-corrected chi connectivity index (χ4v) is 3.01. The Hall–Kier alpha value is -1.23. The second kappa shape index (κ2) is 5.40. The highest BCUT2D eigenvalue weighted by Crippen LogP contribution is 2.26. The van der Waals surface area contributed by atoms with Crippen molar-refractivity contribution in [3.05, 3.63) is 23.8 Å². The highest BCUT2D eigenvalue weighted by Gasteiger charge is 2.15. The smallest absolute Gasteiger partial charge is 0.233 e. The van der Waals surface area contributed by atoms with Crippen molar-refractivity contribution in [3.63, 3.8) is 0 Å². The number of sulfonamides is 1. The normalized spacial score (nSPS) is 11.6. The lowest BCUT2D eigenvalue weighted by Crippen LogP contribution is -2.20. The van der Waals surface area contributed by atoms with Crippen molar-refractivity contribution in [1.82, 2.24) is 0 Å². The van der Waals surface area contributed by atoms with Crippen LogP contribution in [-0.2, 0) is 10.0 Å². The molecule has 17 heavy (non-hydrogen) atoms. The molecule has 0 fully saturated rings. The summed E-state index contributed by atoms with van der Waals surface area (Å²) in [4.78, 5) is 0. The van der Waals surface area contributed by atoms with Gasteiger partial charge in [0.1, 0.15) is 5.75 Å². The Morgan fingerprint density at radius 1 is 1.35 bits per heavy atom. The van der Waals surface area contributed by atoms with Crippen molar-refractivity contribution in [2.24, 2.45) is 5.92 Å². The van der Waals surface area contributed by atoms with Crippen molar-refractivity contribution in [2.45, 2.75) is 20.8 Å². The SMILES string of the molecule is COc1ccc(C)cc1NS(=O)(=O)CC(C)C. The van der Waals surface area contributed by atoms with E-state index in [9.17, 15) is 8.42 Å². The third-order valence-electron chi connectivity index (χ3n) is 2.17. The monoisotopic (exact) mass is 257 g/mol. The average molecular weight is 257 g/mol. The lowest BCUT2D eigenvalue weighted by molar-refractivity contribution is 0.417. The molecule has 1 aromatic carbocycles. The number of nitrogens with one attached hydrogen (secondary N) is 1. The van der Waals surface area contributed by atoms with E-state index in [2.05, 4.69) is 4.72 Å². The van der Waals surface area contributed by atoms with Crippen LogP contribution in [0.2, 0.25) is 0 Å². The van der Waals surface area contributed by atoms with E-state index in [1.54, 1.807) is 12.1 Å². The lowest BCUT2D eigenvalue weighted by atomic mass is 10.2. The number of anilines is 1. The minimum Gasteiger partial charge on any atom is -0.495 e. The molecule has 0 amide bonds. The van der Waals surface area contributed by atoms with E-state index in [1.165, 1.54) is 7.11 Å². The predicted octanol–water partition coefficient (Wildman–Crippen LogP) is 2.40. The molecule has 0 aromatic heterocycles. The molecule has 0 spiro atoms. The second-order valence-electron chi connectivity index (χ2n) is 4.48. The van der Waals surface area contributed by atoms with Crippen LogP contribution in [0.25, 0.3) is 0 Å². The van der Waals surface area contributed by atoms with Gasteiger partial charge in [-0.15, -0.1) is 0 Å². The molecular weight excluding hydrogens is 238 g/mol. The summed E-state index contributed by atoms with van der Waals surface area (Å²) in [6, 6.07) is 5.39. The first-order chi connectivity index (χ1) is 7.84. The van der Waals surface area contributed by atoms with Crippen LogP contribution in [0, 0.1) is 12.8 Å². The third-order valence-corrected chi connectivity index (χ3v) is 3.81. The van der Waals surface area contributed by atoms with Gasteiger partial charge in [0.2, 0.25) is 10.0 Å². The highest BCUT2D eigenvalue weighted by atomic mass is 32.2. The number of methoxy groups -OCH3 is 1. The maximum Gasteiger partial charge on any atom is 0.233 e. The molecule has 4 nitrogen and oxygen atoms in total. The minimum absolute atomic E-state index is 0.0864. The molecule has 0 aliphatic heterocycles. The number of hydrogen-bond acceptors (Lipinski definition) is 3. The Bertz CT molecular complexity index is 481. The molecule has 0 aliphatic rings. The number of ether oxygens (including phenoxy) is 1. The molecule has 0 saturated heterocycles. The molecule has 1 aromatic rings. The van der Waals surface area contributed by atoms with Gasteiger partial charge in [0.25, 0.3) is 0 Å². The van der Waals surface area contributed by atoms with Crippen LogP contribution in [0.5, 0.6) is 5.75 Å². The summed E-state index contributed by atoms with van der Waals surface area (Å²) >= 11 is 0. The van der Waals surface area contributed by atoms with Gasteiger partial charge in [-0.2, -0.15) is 0 Å². The Balaban J connectivity index is 2.98. The number of rotatable bonds is 5. The van der Waals surface area contributed by atoms with Gasteiger partial charge >= 0.3 is 0 Å². The molecule has 0 heterocycles. The molecule has 0 unspecified atom stereocenters. The predicted molar refractivity (Wildman–Crippen MR) is 70.0 cm³/mol. The number of aryl methyl sites for hydroxylation is 1. The molecule has 0 saturated carbocycles. The summed E-state index contributed by atoms with van der Waals surface area (Å²) in [6.45, 7) is 5.64. The summed E-state index contributed by atoms with van der Waals surface area (Å²) in [5, 5.41) is 0. The van der Waals surface area contributed by atoms with Gasteiger partial charge in [0, 0.05) is 0 Å². The minimum atomic E-state index is -3.31. The van der Waals surface area contributed by atoms with Crippen molar-refractivity contribution >= 4 is 15.7 Å². The fourth-order valence-electron chi connectivity index (χ4n) is 1.55. The maximum absolute atomic E-state index is 11.8. The van der Waals surface area contributed by atoms with Crippen LogP contribution in [-0.4, -0.2) is 21.3 Å². The number of benzene rings is 1. The largest absolute Gasteiger partial charge is 0.495 e. The van der Waals surface area contributed by atoms with Gasteiger partial charge in [-0.25, -0.2) is 8.42 Å². The highest BCUT2D eigenvalue weighted by molar-refractivity contribution is 7.92. The van der Waals surface area contributed by atoms with Crippen LogP contribution in [0.15, 0.2) is 18.2 Å². The molecule has 0 bridgehead atoms. The van der Waals surface area contributed by atoms with Crippen LogP contribution in [0.4, 0.5) is 5.69 Å². The topological polar surface area (TPSA) is 55.4 Å².